The van der Waals surface area contributed by atoms with Gasteiger partial charge < -0.3 is 10.4 Å². The van der Waals surface area contributed by atoms with Crippen molar-refractivity contribution in [1.29, 1.82) is 0 Å². The minimum absolute atomic E-state index is 0.0255. The lowest BCUT2D eigenvalue weighted by Crippen LogP contribution is -2.42. The number of aromatic amines is 1. The van der Waals surface area contributed by atoms with E-state index in [1.165, 1.54) is 11.1 Å². The molecule has 3 heterocycles. The summed E-state index contributed by atoms with van der Waals surface area (Å²) in [6, 6.07) is 14.0. The molecule has 0 spiro atoms. The van der Waals surface area contributed by atoms with Crippen LogP contribution in [0.3, 0.4) is 0 Å². The first-order chi connectivity index (χ1) is 15.8. The lowest BCUT2D eigenvalue weighted by Gasteiger charge is -2.30. The van der Waals surface area contributed by atoms with Gasteiger partial charge >= 0.3 is 0 Å². The number of nitrogens with zero attached hydrogens (tertiary/aromatic N) is 3. The third kappa shape index (κ3) is 6.06. The van der Waals surface area contributed by atoms with Crippen molar-refractivity contribution in [2.45, 2.75) is 51.7 Å². The highest BCUT2D eigenvalue weighted by atomic mass is 16.3. The Labute approximate surface area is 195 Å². The first-order valence-electron chi connectivity index (χ1n) is 11.5. The highest BCUT2D eigenvalue weighted by Gasteiger charge is 2.20. The number of carbonyl (C=O) groups excluding carboxylic acids is 1. The molecule has 1 aliphatic heterocycles. The second-order valence-electron chi connectivity index (χ2n) is 9.86. The number of pyridine rings is 1. The molecule has 0 bridgehead atoms. The summed E-state index contributed by atoms with van der Waals surface area (Å²) < 4.78 is 0. The summed E-state index contributed by atoms with van der Waals surface area (Å²) in [6.45, 7) is 8.86. The minimum Gasteiger partial charge on any atom is -0.390 e. The lowest BCUT2D eigenvalue weighted by molar-refractivity contribution is 0.0841. The third-order valence-electron chi connectivity index (χ3n) is 6.03. The van der Waals surface area contributed by atoms with Crippen molar-refractivity contribution < 1.29 is 9.90 Å². The molecule has 7 heteroatoms. The minimum atomic E-state index is -0.624. The fraction of sp³-hybridized carbons (Fsp3) is 0.423. The number of aromatic nitrogens is 3. The normalized spacial score (nSPS) is 15.2. The first kappa shape index (κ1) is 23.1. The largest absolute Gasteiger partial charge is 0.390 e. The summed E-state index contributed by atoms with van der Waals surface area (Å²) in [4.78, 5) is 19.3. The number of aliphatic hydroxyl groups is 1. The highest BCUT2D eigenvalue weighted by Crippen LogP contribution is 2.21. The van der Waals surface area contributed by atoms with Crippen LogP contribution in [0.4, 0.5) is 0 Å². The van der Waals surface area contributed by atoms with E-state index >= 15 is 0 Å². The first-order valence-corrected chi connectivity index (χ1v) is 11.5. The zero-order valence-corrected chi connectivity index (χ0v) is 19.6. The maximum Gasteiger partial charge on any atom is 0.251 e. The fourth-order valence-electron chi connectivity index (χ4n) is 4.13. The van der Waals surface area contributed by atoms with Crippen molar-refractivity contribution in [3.63, 3.8) is 0 Å². The van der Waals surface area contributed by atoms with Crippen LogP contribution < -0.4 is 5.32 Å². The summed E-state index contributed by atoms with van der Waals surface area (Å²) in [7, 11) is 0. The van der Waals surface area contributed by atoms with Gasteiger partial charge in [0.2, 0.25) is 0 Å². The van der Waals surface area contributed by atoms with Crippen LogP contribution in [0.25, 0.3) is 0 Å². The number of β-amino-alcohol motifs (C(OH)–C–C–N with tert-alkyl or cyclic N) is 1. The Morgan fingerprint density at radius 3 is 2.76 bits per heavy atom. The molecule has 1 amide bonds. The fourth-order valence-corrected chi connectivity index (χ4v) is 4.13. The summed E-state index contributed by atoms with van der Waals surface area (Å²) in [6.07, 6.45) is 2.58. The number of fused-ring (bicyclic) bond motifs is 1. The number of amides is 1. The number of H-pyrrole nitrogens is 1. The zero-order valence-electron chi connectivity index (χ0n) is 19.6. The molecule has 3 aromatic rings. The molecule has 33 heavy (non-hydrogen) atoms. The molecular formula is C26H33N5O2. The smallest absolute Gasteiger partial charge is 0.251 e. The van der Waals surface area contributed by atoms with E-state index < -0.39 is 6.10 Å². The van der Waals surface area contributed by atoms with Crippen LogP contribution in [0, 0.1) is 0 Å². The number of carbonyl (C=O) groups is 1. The Morgan fingerprint density at radius 1 is 1.21 bits per heavy atom. The molecule has 0 radical (unpaired) electrons. The van der Waals surface area contributed by atoms with Gasteiger partial charge in [0.25, 0.3) is 5.91 Å². The Morgan fingerprint density at radius 2 is 2.00 bits per heavy atom. The van der Waals surface area contributed by atoms with Crippen LogP contribution in [0.5, 0.6) is 0 Å². The van der Waals surface area contributed by atoms with E-state index in [-0.39, 0.29) is 17.9 Å². The molecule has 0 unspecified atom stereocenters. The summed E-state index contributed by atoms with van der Waals surface area (Å²) in [5, 5.41) is 20.8. The Hall–Kier alpha value is -3.03. The van der Waals surface area contributed by atoms with E-state index in [0.717, 1.165) is 36.6 Å². The van der Waals surface area contributed by atoms with Crippen LogP contribution in [0.1, 0.15) is 59.3 Å². The number of hydrogen-bond donors (Lipinski definition) is 3. The SMILES string of the molecule is CC(C)(C)c1cc(Cc2cc(C(=O)NC[C@H](O)CN3CCc4ccccc4C3)ccn2)[nH]n1. The van der Waals surface area contributed by atoms with Gasteiger partial charge in [-0.3, -0.25) is 19.8 Å². The van der Waals surface area contributed by atoms with Crippen molar-refractivity contribution in [1.82, 2.24) is 25.4 Å². The van der Waals surface area contributed by atoms with E-state index in [4.69, 9.17) is 0 Å². The van der Waals surface area contributed by atoms with Crippen molar-refractivity contribution in [2.24, 2.45) is 0 Å². The average Bonchev–Trinajstić information content (AvgIpc) is 3.27. The van der Waals surface area contributed by atoms with E-state index in [1.807, 2.05) is 6.07 Å². The Bertz CT molecular complexity index is 1100. The molecule has 0 aliphatic carbocycles. The molecule has 1 aromatic carbocycles. The molecule has 174 valence electrons. The third-order valence-corrected chi connectivity index (χ3v) is 6.03. The number of benzene rings is 1. The summed E-state index contributed by atoms with van der Waals surface area (Å²) in [5.74, 6) is -0.207. The van der Waals surface area contributed by atoms with Gasteiger partial charge in [-0.05, 0) is 35.7 Å². The molecular weight excluding hydrogens is 414 g/mol. The van der Waals surface area contributed by atoms with Gasteiger partial charge in [-0.1, -0.05) is 45.0 Å². The maximum absolute atomic E-state index is 12.7. The number of aliphatic hydroxyl groups excluding tert-OH is 1. The molecule has 0 saturated carbocycles. The van der Waals surface area contributed by atoms with Crippen LogP contribution in [0.15, 0.2) is 48.7 Å². The van der Waals surface area contributed by atoms with Gasteiger partial charge in [-0.15, -0.1) is 0 Å². The van der Waals surface area contributed by atoms with Crippen molar-refractivity contribution in [3.05, 3.63) is 82.4 Å². The quantitative estimate of drug-likeness (QED) is 0.518. The number of hydrogen-bond acceptors (Lipinski definition) is 5. The molecule has 1 atom stereocenters. The van der Waals surface area contributed by atoms with Crippen molar-refractivity contribution >= 4 is 5.91 Å². The van der Waals surface area contributed by atoms with Gasteiger partial charge in [0, 0.05) is 61.2 Å². The van der Waals surface area contributed by atoms with Crippen LogP contribution in [0.2, 0.25) is 0 Å². The van der Waals surface area contributed by atoms with Gasteiger partial charge in [0.05, 0.1) is 11.8 Å². The monoisotopic (exact) mass is 447 g/mol. The molecule has 1 aliphatic rings. The molecule has 3 N–H and O–H groups in total. The Balaban J connectivity index is 1.28. The molecule has 0 saturated heterocycles. The molecule has 4 rings (SSSR count). The summed E-state index contributed by atoms with van der Waals surface area (Å²) >= 11 is 0. The van der Waals surface area contributed by atoms with Gasteiger partial charge in [0.15, 0.2) is 0 Å². The zero-order chi connectivity index (χ0) is 23.4. The topological polar surface area (TPSA) is 94.1 Å². The van der Waals surface area contributed by atoms with Crippen LogP contribution >= 0.6 is 0 Å². The predicted molar refractivity (Wildman–Crippen MR) is 128 cm³/mol. The predicted octanol–water partition coefficient (Wildman–Crippen LogP) is 2.84. The van der Waals surface area contributed by atoms with Crippen LogP contribution in [-0.2, 0) is 24.8 Å². The number of rotatable bonds is 7. The molecule has 2 aromatic heterocycles. The van der Waals surface area contributed by atoms with E-state index in [9.17, 15) is 9.90 Å². The molecule has 0 fully saturated rings. The van der Waals surface area contributed by atoms with Gasteiger partial charge in [-0.2, -0.15) is 5.10 Å². The lowest BCUT2D eigenvalue weighted by atomic mass is 9.92. The van der Waals surface area contributed by atoms with Crippen LogP contribution in [-0.4, -0.2) is 56.8 Å². The van der Waals surface area contributed by atoms with Crippen molar-refractivity contribution in [3.8, 4) is 0 Å². The highest BCUT2D eigenvalue weighted by molar-refractivity contribution is 5.94. The Kier molecular flexibility index (Phi) is 6.91. The number of nitrogens with one attached hydrogen (secondary N) is 2. The van der Waals surface area contributed by atoms with Gasteiger partial charge in [0.1, 0.15) is 0 Å². The molecule has 7 nitrogen and oxygen atoms in total. The second-order valence-corrected chi connectivity index (χ2v) is 9.86. The summed E-state index contributed by atoms with van der Waals surface area (Å²) in [5.41, 5.74) is 5.96. The van der Waals surface area contributed by atoms with Crippen molar-refractivity contribution in [2.75, 3.05) is 19.6 Å². The van der Waals surface area contributed by atoms with E-state index in [2.05, 4.69) is 70.4 Å². The average molecular weight is 448 g/mol. The maximum atomic E-state index is 12.7. The van der Waals surface area contributed by atoms with Gasteiger partial charge in [-0.25, -0.2) is 0 Å². The standard InChI is InChI=1S/C26H33N5O2/c1-26(2,3)24-14-22(29-30-24)13-21-12-19(8-10-27-21)25(33)28-15-23(32)17-31-11-9-18-6-4-5-7-20(18)16-31/h4-8,10,12,14,23,32H,9,11,13,15-17H2,1-3H3,(H,28,33)(H,29,30)/t23-/m0/s1. The van der Waals surface area contributed by atoms with E-state index in [1.54, 1.807) is 18.3 Å². The second kappa shape index (κ2) is 9.85. The van der Waals surface area contributed by atoms with E-state index in [0.29, 0.717) is 18.5 Å².